The first-order valence-corrected chi connectivity index (χ1v) is 8.77. The molecule has 3 aromatic rings. The second kappa shape index (κ2) is 8.92. The van der Waals surface area contributed by atoms with Crippen molar-refractivity contribution in [3.8, 4) is 11.5 Å². The Hall–Kier alpha value is -3.81. The van der Waals surface area contributed by atoms with Crippen LogP contribution in [0.5, 0.6) is 0 Å². The Morgan fingerprint density at radius 1 is 1.10 bits per heavy atom. The van der Waals surface area contributed by atoms with Gasteiger partial charge in [0.25, 0.3) is 5.89 Å². The Kier molecular flexibility index (Phi) is 6.13. The number of nitrogens with one attached hydrogen (secondary N) is 1. The van der Waals surface area contributed by atoms with E-state index >= 15 is 0 Å². The summed E-state index contributed by atoms with van der Waals surface area (Å²) in [6.45, 7) is 2.86. The largest absolute Gasteiger partial charge is 0.448 e. The zero-order valence-corrected chi connectivity index (χ0v) is 15.8. The van der Waals surface area contributed by atoms with Crippen LogP contribution in [0.25, 0.3) is 17.5 Å². The molecule has 8 heteroatoms. The minimum Gasteiger partial charge on any atom is -0.448 e. The summed E-state index contributed by atoms with van der Waals surface area (Å²) in [5.41, 5.74) is 1.23. The van der Waals surface area contributed by atoms with E-state index in [2.05, 4.69) is 15.5 Å². The van der Waals surface area contributed by atoms with Gasteiger partial charge in [-0.15, -0.1) is 10.2 Å². The van der Waals surface area contributed by atoms with Crippen LogP contribution < -0.4 is 5.32 Å². The zero-order valence-electron chi connectivity index (χ0n) is 15.8. The lowest BCUT2D eigenvalue weighted by Crippen LogP contribution is -2.27. The van der Waals surface area contributed by atoms with Crippen molar-refractivity contribution in [1.29, 1.82) is 0 Å². The highest BCUT2D eigenvalue weighted by Gasteiger charge is 2.22. The van der Waals surface area contributed by atoms with Crippen molar-refractivity contribution in [1.82, 2.24) is 15.5 Å². The molecule has 0 aliphatic heterocycles. The van der Waals surface area contributed by atoms with Crippen LogP contribution in [0.3, 0.4) is 0 Å². The normalized spacial score (nSPS) is 12.3. The van der Waals surface area contributed by atoms with Crippen LogP contribution in [0.15, 0.2) is 64.7 Å². The second-order valence-corrected chi connectivity index (χ2v) is 6.15. The third kappa shape index (κ3) is 5.35. The number of carbonyl (C=O) groups is 2. The molecule has 0 fully saturated rings. The van der Waals surface area contributed by atoms with E-state index in [1.54, 1.807) is 31.2 Å². The fraction of sp³-hybridized carbons (Fsp3) is 0.143. The molecule has 148 valence electrons. The Balaban J connectivity index is 1.75. The first-order chi connectivity index (χ1) is 13.9. The van der Waals surface area contributed by atoms with Crippen LogP contribution in [-0.4, -0.2) is 22.1 Å². The molecule has 2 aromatic carbocycles. The van der Waals surface area contributed by atoms with Gasteiger partial charge in [0, 0.05) is 12.5 Å². The number of benzene rings is 2. The minimum absolute atomic E-state index is 0.0196. The van der Waals surface area contributed by atoms with Crippen LogP contribution in [0.1, 0.15) is 31.4 Å². The van der Waals surface area contributed by atoms with E-state index in [4.69, 9.17) is 9.15 Å². The maximum absolute atomic E-state index is 13.0. The summed E-state index contributed by atoms with van der Waals surface area (Å²) in [4.78, 5) is 24.0. The predicted molar refractivity (Wildman–Crippen MR) is 102 cm³/mol. The van der Waals surface area contributed by atoms with E-state index in [0.717, 1.165) is 5.56 Å². The van der Waals surface area contributed by atoms with Gasteiger partial charge in [-0.05, 0) is 42.8 Å². The molecule has 29 heavy (non-hydrogen) atoms. The maximum atomic E-state index is 13.0. The molecule has 1 heterocycles. The number of hydrogen-bond donors (Lipinski definition) is 1. The van der Waals surface area contributed by atoms with Crippen molar-refractivity contribution in [2.24, 2.45) is 0 Å². The van der Waals surface area contributed by atoms with E-state index < -0.39 is 18.0 Å². The quantitative estimate of drug-likeness (QED) is 0.506. The average Bonchev–Trinajstić information content (AvgIpc) is 3.19. The summed E-state index contributed by atoms with van der Waals surface area (Å²) in [5.74, 6) is -1.30. The topological polar surface area (TPSA) is 94.3 Å². The molecule has 0 aliphatic rings. The lowest BCUT2D eigenvalue weighted by atomic mass is 10.2. The summed E-state index contributed by atoms with van der Waals surface area (Å²) in [7, 11) is 0. The van der Waals surface area contributed by atoms with Crippen molar-refractivity contribution >= 4 is 18.0 Å². The lowest BCUT2D eigenvalue weighted by Gasteiger charge is -2.12. The molecule has 0 radical (unpaired) electrons. The summed E-state index contributed by atoms with van der Waals surface area (Å²) < 4.78 is 23.9. The highest BCUT2D eigenvalue weighted by molar-refractivity contribution is 5.97. The van der Waals surface area contributed by atoms with Gasteiger partial charge in [0.1, 0.15) is 11.5 Å². The van der Waals surface area contributed by atoms with E-state index in [1.165, 1.54) is 37.3 Å². The van der Waals surface area contributed by atoms with Gasteiger partial charge < -0.3 is 14.5 Å². The molecule has 7 nitrogen and oxygen atoms in total. The summed E-state index contributed by atoms with van der Waals surface area (Å²) in [5, 5.41) is 10.2. The maximum Gasteiger partial charge on any atom is 0.355 e. The Morgan fingerprint density at radius 3 is 2.45 bits per heavy atom. The van der Waals surface area contributed by atoms with Gasteiger partial charge in [0.05, 0.1) is 0 Å². The highest BCUT2D eigenvalue weighted by Crippen LogP contribution is 2.23. The molecule has 1 amide bonds. The van der Waals surface area contributed by atoms with Crippen molar-refractivity contribution in [3.63, 3.8) is 0 Å². The molecule has 1 aromatic heterocycles. The van der Waals surface area contributed by atoms with E-state index in [1.807, 2.05) is 6.07 Å². The fourth-order valence-corrected chi connectivity index (χ4v) is 2.43. The smallest absolute Gasteiger partial charge is 0.355 e. The molecule has 0 saturated carbocycles. The van der Waals surface area contributed by atoms with Crippen LogP contribution in [0.2, 0.25) is 0 Å². The van der Waals surface area contributed by atoms with Crippen molar-refractivity contribution in [2.75, 3.05) is 0 Å². The van der Waals surface area contributed by atoms with Gasteiger partial charge >= 0.3 is 5.97 Å². The predicted octanol–water partition coefficient (Wildman–Crippen LogP) is 3.66. The number of halogens is 1. The van der Waals surface area contributed by atoms with Gasteiger partial charge in [0.2, 0.25) is 11.8 Å². The first kappa shape index (κ1) is 19.9. The molecular formula is C21H18FN3O4. The third-order valence-electron chi connectivity index (χ3n) is 3.80. The van der Waals surface area contributed by atoms with Crippen LogP contribution >= 0.6 is 0 Å². The SMILES string of the molecule is CC(=O)N/C(=C\c1ccccc1)C(=O)O[C@@H](C)c1nnc(-c2ccc(F)cc2)o1. The van der Waals surface area contributed by atoms with Crippen molar-refractivity contribution in [3.05, 3.63) is 77.6 Å². The standard InChI is InChI=1S/C21H18FN3O4/c1-13(19-24-25-20(29-19)16-8-10-17(22)11-9-16)28-21(27)18(23-14(2)26)12-15-6-4-3-5-7-15/h3-13H,1-2H3,(H,23,26)/b18-12-/t13-/m0/s1. The first-order valence-electron chi connectivity index (χ1n) is 8.77. The van der Waals surface area contributed by atoms with Gasteiger partial charge in [-0.3, -0.25) is 4.79 Å². The summed E-state index contributed by atoms with van der Waals surface area (Å²) >= 11 is 0. The van der Waals surface area contributed by atoms with Gasteiger partial charge in [0.15, 0.2) is 6.10 Å². The number of nitrogens with zero attached hydrogens (tertiary/aromatic N) is 2. The molecule has 1 N–H and O–H groups in total. The van der Waals surface area contributed by atoms with Gasteiger partial charge in [-0.25, -0.2) is 9.18 Å². The van der Waals surface area contributed by atoms with Gasteiger partial charge in [-0.2, -0.15) is 0 Å². The number of rotatable bonds is 6. The minimum atomic E-state index is -0.864. The number of hydrogen-bond acceptors (Lipinski definition) is 6. The van der Waals surface area contributed by atoms with E-state index in [0.29, 0.717) is 5.56 Å². The van der Waals surface area contributed by atoms with Crippen molar-refractivity contribution in [2.45, 2.75) is 20.0 Å². The molecule has 0 spiro atoms. The van der Waals surface area contributed by atoms with E-state index in [9.17, 15) is 14.0 Å². The molecule has 0 saturated heterocycles. The molecule has 1 atom stereocenters. The third-order valence-corrected chi connectivity index (χ3v) is 3.80. The van der Waals surface area contributed by atoms with Crippen molar-refractivity contribution < 1.29 is 23.1 Å². The highest BCUT2D eigenvalue weighted by atomic mass is 19.1. The Labute approximate surface area is 166 Å². The van der Waals surface area contributed by atoms with Crippen LogP contribution in [-0.2, 0) is 14.3 Å². The molecule has 0 unspecified atom stereocenters. The Bertz CT molecular complexity index is 1030. The second-order valence-electron chi connectivity index (χ2n) is 6.15. The number of aromatic nitrogens is 2. The summed E-state index contributed by atoms with van der Waals surface area (Å²) in [6.07, 6.45) is 0.644. The number of carbonyl (C=O) groups excluding carboxylic acids is 2. The number of amides is 1. The summed E-state index contributed by atoms with van der Waals surface area (Å²) in [6, 6.07) is 14.6. The van der Waals surface area contributed by atoms with Crippen LogP contribution in [0.4, 0.5) is 4.39 Å². The number of esters is 1. The molecule has 3 rings (SSSR count). The number of ether oxygens (including phenoxy) is 1. The van der Waals surface area contributed by atoms with Gasteiger partial charge in [-0.1, -0.05) is 30.3 Å². The average molecular weight is 395 g/mol. The van der Waals surface area contributed by atoms with E-state index in [-0.39, 0.29) is 23.3 Å². The fourth-order valence-electron chi connectivity index (χ4n) is 2.43. The monoisotopic (exact) mass is 395 g/mol. The Morgan fingerprint density at radius 2 is 1.79 bits per heavy atom. The molecule has 0 bridgehead atoms. The molecular weight excluding hydrogens is 377 g/mol. The molecule has 0 aliphatic carbocycles. The van der Waals surface area contributed by atoms with Crippen LogP contribution in [0, 0.1) is 5.82 Å². The lowest BCUT2D eigenvalue weighted by molar-refractivity contribution is -0.146. The zero-order chi connectivity index (χ0) is 20.8.